The fourth-order valence-corrected chi connectivity index (χ4v) is 3.75. The predicted octanol–water partition coefficient (Wildman–Crippen LogP) is 2.18. The van der Waals surface area contributed by atoms with Gasteiger partial charge in [-0.25, -0.2) is 0 Å². The van der Waals surface area contributed by atoms with Crippen molar-refractivity contribution in [2.24, 2.45) is 18.7 Å². The fraction of sp³-hybridized carbons (Fsp3) is 0.556. The van der Waals surface area contributed by atoms with Crippen LogP contribution in [0.5, 0.6) is 0 Å². The summed E-state index contributed by atoms with van der Waals surface area (Å²) >= 11 is 0. The van der Waals surface area contributed by atoms with Crippen LogP contribution in [-0.2, 0) is 20.0 Å². The number of nitrogens with two attached hydrogens (primary N) is 1. The Bertz CT molecular complexity index is 671. The molecule has 2 aliphatic rings. The van der Waals surface area contributed by atoms with Gasteiger partial charge in [-0.1, -0.05) is 23.8 Å². The van der Waals surface area contributed by atoms with Crippen LogP contribution in [0.1, 0.15) is 47.9 Å². The van der Waals surface area contributed by atoms with E-state index in [1.54, 1.807) is 0 Å². The van der Waals surface area contributed by atoms with Crippen molar-refractivity contribution in [2.45, 2.75) is 39.2 Å². The van der Waals surface area contributed by atoms with Crippen LogP contribution in [-0.4, -0.2) is 33.7 Å². The number of nitrogens with zero attached hydrogens (tertiary/aromatic N) is 3. The summed E-state index contributed by atoms with van der Waals surface area (Å²) in [4.78, 5) is 14.0. The van der Waals surface area contributed by atoms with Crippen molar-refractivity contribution in [1.29, 1.82) is 0 Å². The molecule has 1 aromatic heterocycles. The number of primary amides is 1. The summed E-state index contributed by atoms with van der Waals surface area (Å²) in [5, 5.41) is 4.29. The van der Waals surface area contributed by atoms with E-state index in [1.165, 1.54) is 17.6 Å². The molecule has 0 radical (unpaired) electrons. The summed E-state index contributed by atoms with van der Waals surface area (Å²) in [5.74, 6) is 0.219. The number of carbonyl (C=O) groups is 1. The van der Waals surface area contributed by atoms with Crippen molar-refractivity contribution in [3.05, 3.63) is 40.8 Å². The monoisotopic (exact) mass is 314 g/mol. The zero-order chi connectivity index (χ0) is 16.6. The molecule has 0 spiro atoms. The number of aromatic nitrogens is 2. The van der Waals surface area contributed by atoms with E-state index in [-0.39, 0.29) is 0 Å². The number of hydrogen-bond acceptors (Lipinski definition) is 3. The van der Waals surface area contributed by atoms with Crippen molar-refractivity contribution >= 4 is 5.91 Å². The Hall–Kier alpha value is -1.88. The zero-order valence-corrected chi connectivity index (χ0v) is 14.1. The number of allylic oxidation sites excluding steroid dienone is 2. The summed E-state index contributed by atoms with van der Waals surface area (Å²) in [6.45, 7) is 8.96. The molecule has 1 aromatic rings. The number of amides is 1. The average Bonchev–Trinajstić information content (AvgIpc) is 2.85. The summed E-state index contributed by atoms with van der Waals surface area (Å²) in [5.41, 5.74) is 10.9. The second-order valence-electron chi connectivity index (χ2n) is 6.90. The third-order valence-electron chi connectivity index (χ3n) is 5.18. The normalized spacial score (nSPS) is 21.7. The fourth-order valence-electron chi connectivity index (χ4n) is 3.75. The van der Waals surface area contributed by atoms with Gasteiger partial charge >= 0.3 is 0 Å². The molecule has 124 valence electrons. The molecule has 1 atom stereocenters. The second kappa shape index (κ2) is 6.32. The zero-order valence-electron chi connectivity index (χ0n) is 14.1. The standard InChI is InChI=1S/C18H26N4O/c1-12(2)14-6-4-13(5-7-14)10-22-9-8-16-15(11-22)17(18(19)23)20-21(16)3/h4,14H,1,5-11H2,2-3H3,(H2,19,23)/t14-/m1/s1. The van der Waals surface area contributed by atoms with Crippen LogP contribution in [0.4, 0.5) is 0 Å². The van der Waals surface area contributed by atoms with Crippen LogP contribution >= 0.6 is 0 Å². The van der Waals surface area contributed by atoms with E-state index in [0.717, 1.165) is 50.2 Å². The molecule has 0 aromatic carbocycles. The van der Waals surface area contributed by atoms with E-state index in [0.29, 0.717) is 11.6 Å². The lowest BCUT2D eigenvalue weighted by Crippen LogP contribution is -2.34. The Morgan fingerprint density at radius 1 is 1.48 bits per heavy atom. The Morgan fingerprint density at radius 3 is 2.87 bits per heavy atom. The van der Waals surface area contributed by atoms with Crippen LogP contribution in [0.15, 0.2) is 23.8 Å². The molecule has 0 saturated heterocycles. The van der Waals surface area contributed by atoms with E-state index < -0.39 is 5.91 Å². The van der Waals surface area contributed by atoms with Crippen molar-refractivity contribution in [3.8, 4) is 0 Å². The van der Waals surface area contributed by atoms with Gasteiger partial charge in [0.2, 0.25) is 0 Å². The molecule has 5 heteroatoms. The van der Waals surface area contributed by atoms with Gasteiger partial charge in [-0.3, -0.25) is 14.4 Å². The van der Waals surface area contributed by atoms with Crippen molar-refractivity contribution in [3.63, 3.8) is 0 Å². The van der Waals surface area contributed by atoms with E-state index in [2.05, 4.69) is 29.6 Å². The second-order valence-corrected chi connectivity index (χ2v) is 6.90. The maximum atomic E-state index is 11.6. The first-order chi connectivity index (χ1) is 11.0. The lowest BCUT2D eigenvalue weighted by atomic mass is 9.85. The molecule has 0 saturated carbocycles. The Labute approximate surface area is 137 Å². The van der Waals surface area contributed by atoms with Crippen LogP contribution in [0, 0.1) is 5.92 Å². The molecule has 5 nitrogen and oxygen atoms in total. The highest BCUT2D eigenvalue weighted by atomic mass is 16.1. The lowest BCUT2D eigenvalue weighted by Gasteiger charge is -2.30. The minimum Gasteiger partial charge on any atom is -0.364 e. The molecule has 1 aliphatic carbocycles. The molecular weight excluding hydrogens is 288 g/mol. The van der Waals surface area contributed by atoms with Crippen molar-refractivity contribution in [2.75, 3.05) is 13.1 Å². The highest BCUT2D eigenvalue weighted by Gasteiger charge is 2.27. The minimum atomic E-state index is -0.426. The van der Waals surface area contributed by atoms with Crippen molar-refractivity contribution in [1.82, 2.24) is 14.7 Å². The molecule has 0 fully saturated rings. The lowest BCUT2D eigenvalue weighted by molar-refractivity contribution is 0.0993. The molecule has 2 heterocycles. The van der Waals surface area contributed by atoms with Gasteiger partial charge in [0.05, 0.1) is 0 Å². The van der Waals surface area contributed by atoms with Gasteiger partial charge in [0.15, 0.2) is 5.69 Å². The Kier molecular flexibility index (Phi) is 4.39. The number of fused-ring (bicyclic) bond motifs is 1. The summed E-state index contributed by atoms with van der Waals surface area (Å²) < 4.78 is 1.81. The molecule has 1 aliphatic heterocycles. The molecule has 2 N–H and O–H groups in total. The van der Waals surface area contributed by atoms with E-state index in [4.69, 9.17) is 5.73 Å². The Balaban J connectivity index is 1.69. The van der Waals surface area contributed by atoms with Gasteiger partial charge in [0.25, 0.3) is 5.91 Å². The molecule has 0 bridgehead atoms. The first-order valence-electron chi connectivity index (χ1n) is 8.36. The highest BCUT2D eigenvalue weighted by molar-refractivity contribution is 5.92. The van der Waals surface area contributed by atoms with Gasteiger partial charge in [0, 0.05) is 44.4 Å². The Morgan fingerprint density at radius 2 is 2.26 bits per heavy atom. The average molecular weight is 314 g/mol. The van der Waals surface area contributed by atoms with Gasteiger partial charge in [0.1, 0.15) is 0 Å². The van der Waals surface area contributed by atoms with E-state index in [9.17, 15) is 4.79 Å². The highest BCUT2D eigenvalue weighted by Crippen LogP contribution is 2.30. The third-order valence-corrected chi connectivity index (χ3v) is 5.18. The maximum Gasteiger partial charge on any atom is 0.269 e. The number of rotatable bonds is 4. The van der Waals surface area contributed by atoms with Crippen LogP contribution in [0.25, 0.3) is 0 Å². The SMILES string of the molecule is C=C(C)[C@@H]1CC=C(CN2CCc3c(c(C(N)=O)nn3C)C2)CC1. The van der Waals surface area contributed by atoms with E-state index in [1.807, 2.05) is 11.7 Å². The van der Waals surface area contributed by atoms with Gasteiger partial charge in [-0.2, -0.15) is 5.10 Å². The quantitative estimate of drug-likeness (QED) is 0.866. The van der Waals surface area contributed by atoms with Crippen LogP contribution < -0.4 is 5.73 Å². The summed E-state index contributed by atoms with van der Waals surface area (Å²) in [7, 11) is 1.89. The number of hydrogen-bond donors (Lipinski definition) is 1. The van der Waals surface area contributed by atoms with Gasteiger partial charge in [-0.15, -0.1) is 0 Å². The maximum absolute atomic E-state index is 11.6. The molecular formula is C18H26N4O. The smallest absolute Gasteiger partial charge is 0.269 e. The first-order valence-corrected chi connectivity index (χ1v) is 8.36. The van der Waals surface area contributed by atoms with Gasteiger partial charge < -0.3 is 5.73 Å². The first kappa shape index (κ1) is 16.0. The topological polar surface area (TPSA) is 64.2 Å². The number of carbonyl (C=O) groups excluding carboxylic acids is 1. The van der Waals surface area contributed by atoms with E-state index >= 15 is 0 Å². The third kappa shape index (κ3) is 3.24. The summed E-state index contributed by atoms with van der Waals surface area (Å²) in [6.07, 6.45) is 6.78. The van der Waals surface area contributed by atoms with Crippen LogP contribution in [0.3, 0.4) is 0 Å². The molecule has 3 rings (SSSR count). The predicted molar refractivity (Wildman–Crippen MR) is 90.9 cm³/mol. The number of aryl methyl sites for hydroxylation is 1. The largest absolute Gasteiger partial charge is 0.364 e. The minimum absolute atomic E-state index is 0.426. The summed E-state index contributed by atoms with van der Waals surface area (Å²) in [6, 6.07) is 0. The molecule has 1 amide bonds. The van der Waals surface area contributed by atoms with Crippen molar-refractivity contribution < 1.29 is 4.79 Å². The van der Waals surface area contributed by atoms with Gasteiger partial charge in [-0.05, 0) is 32.1 Å². The molecule has 0 unspecified atom stereocenters. The molecule has 23 heavy (non-hydrogen) atoms. The van der Waals surface area contributed by atoms with Crippen LogP contribution in [0.2, 0.25) is 0 Å².